The Kier molecular flexibility index (Phi) is 4.24. The van der Waals surface area contributed by atoms with Gasteiger partial charge in [-0.1, -0.05) is 26.0 Å². The lowest BCUT2D eigenvalue weighted by Gasteiger charge is -2.11. The highest BCUT2D eigenvalue weighted by atomic mass is 16.5. The van der Waals surface area contributed by atoms with E-state index in [1.807, 2.05) is 30.3 Å². The summed E-state index contributed by atoms with van der Waals surface area (Å²) in [5.41, 5.74) is 12.7. The van der Waals surface area contributed by atoms with Crippen molar-refractivity contribution in [2.24, 2.45) is 5.92 Å². The van der Waals surface area contributed by atoms with Crippen molar-refractivity contribution < 1.29 is 4.74 Å². The van der Waals surface area contributed by atoms with Gasteiger partial charge in [0.15, 0.2) is 0 Å². The number of aromatic nitrogens is 2. The van der Waals surface area contributed by atoms with E-state index in [1.165, 1.54) is 0 Å². The minimum Gasteiger partial charge on any atom is -0.493 e. The summed E-state index contributed by atoms with van der Waals surface area (Å²) in [5, 5.41) is 9.21. The lowest BCUT2D eigenvalue weighted by molar-refractivity contribution is 0.271. The largest absolute Gasteiger partial charge is 0.493 e. The normalized spacial score (nSPS) is 10.4. The molecular formula is C15H17N5O. The second-order valence-electron chi connectivity index (χ2n) is 5.04. The zero-order chi connectivity index (χ0) is 15.4. The van der Waals surface area contributed by atoms with Crippen molar-refractivity contribution in [1.29, 1.82) is 5.26 Å². The number of hydrogen-bond donors (Lipinski definition) is 2. The molecule has 1 heterocycles. The SMILES string of the molecule is CC(C)COc1cccc(-c2nc(N)nc(N)c2C#N)c1. The zero-order valence-corrected chi connectivity index (χ0v) is 12.0. The molecule has 0 saturated carbocycles. The summed E-state index contributed by atoms with van der Waals surface area (Å²) in [5.74, 6) is 1.25. The first-order chi connectivity index (χ1) is 10.0. The van der Waals surface area contributed by atoms with Gasteiger partial charge in [0.25, 0.3) is 0 Å². The van der Waals surface area contributed by atoms with E-state index >= 15 is 0 Å². The molecule has 108 valence electrons. The van der Waals surface area contributed by atoms with Gasteiger partial charge in [-0.25, -0.2) is 4.98 Å². The van der Waals surface area contributed by atoms with Gasteiger partial charge in [-0.05, 0) is 18.1 Å². The summed E-state index contributed by atoms with van der Waals surface area (Å²) < 4.78 is 5.67. The molecule has 2 rings (SSSR count). The molecule has 0 aliphatic heterocycles. The summed E-state index contributed by atoms with van der Waals surface area (Å²) >= 11 is 0. The Labute approximate surface area is 123 Å². The van der Waals surface area contributed by atoms with E-state index in [2.05, 4.69) is 23.8 Å². The van der Waals surface area contributed by atoms with Gasteiger partial charge in [0.2, 0.25) is 5.95 Å². The fraction of sp³-hybridized carbons (Fsp3) is 0.267. The second-order valence-corrected chi connectivity index (χ2v) is 5.04. The highest BCUT2D eigenvalue weighted by Crippen LogP contribution is 2.28. The van der Waals surface area contributed by atoms with Crippen LogP contribution in [-0.2, 0) is 0 Å². The fourth-order valence-electron chi connectivity index (χ4n) is 1.81. The number of nitrogens with zero attached hydrogens (tertiary/aromatic N) is 3. The number of rotatable bonds is 4. The van der Waals surface area contributed by atoms with Crippen LogP contribution in [-0.4, -0.2) is 16.6 Å². The van der Waals surface area contributed by atoms with Crippen molar-refractivity contribution in [3.8, 4) is 23.1 Å². The predicted molar refractivity (Wildman–Crippen MR) is 81.3 cm³/mol. The molecule has 2 aromatic rings. The predicted octanol–water partition coefficient (Wildman–Crippen LogP) is 2.21. The lowest BCUT2D eigenvalue weighted by atomic mass is 10.1. The zero-order valence-electron chi connectivity index (χ0n) is 12.0. The minimum atomic E-state index is 0.0370. The van der Waals surface area contributed by atoms with Crippen LogP contribution in [0.4, 0.5) is 11.8 Å². The summed E-state index contributed by atoms with van der Waals surface area (Å²) in [7, 11) is 0. The Hall–Kier alpha value is -2.81. The van der Waals surface area contributed by atoms with Gasteiger partial charge in [0.05, 0.1) is 12.3 Å². The highest BCUT2D eigenvalue weighted by molar-refractivity contribution is 5.73. The number of benzene rings is 1. The molecule has 0 fully saturated rings. The van der Waals surface area contributed by atoms with Gasteiger partial charge in [-0.2, -0.15) is 10.2 Å². The smallest absolute Gasteiger partial charge is 0.222 e. The Bertz CT molecular complexity index is 691. The summed E-state index contributed by atoms with van der Waals surface area (Å²) in [6.45, 7) is 4.76. The first-order valence-electron chi connectivity index (χ1n) is 6.57. The van der Waals surface area contributed by atoms with Crippen LogP contribution in [0.5, 0.6) is 5.75 Å². The average molecular weight is 283 g/mol. The van der Waals surface area contributed by atoms with E-state index in [9.17, 15) is 5.26 Å². The maximum absolute atomic E-state index is 9.21. The van der Waals surface area contributed by atoms with Gasteiger partial charge in [-0.15, -0.1) is 0 Å². The molecule has 0 amide bonds. The third-order valence-corrected chi connectivity index (χ3v) is 2.76. The van der Waals surface area contributed by atoms with Crippen molar-refractivity contribution >= 4 is 11.8 Å². The molecule has 0 radical (unpaired) electrons. The second kappa shape index (κ2) is 6.09. The van der Waals surface area contributed by atoms with E-state index in [0.29, 0.717) is 29.5 Å². The number of nitrogen functional groups attached to an aromatic ring is 2. The maximum atomic E-state index is 9.21. The van der Waals surface area contributed by atoms with Gasteiger partial charge in [-0.3, -0.25) is 0 Å². The Morgan fingerprint density at radius 3 is 2.71 bits per heavy atom. The van der Waals surface area contributed by atoms with Crippen LogP contribution in [0.1, 0.15) is 19.4 Å². The fourth-order valence-corrected chi connectivity index (χ4v) is 1.81. The van der Waals surface area contributed by atoms with Crippen LogP contribution in [0, 0.1) is 17.2 Å². The third kappa shape index (κ3) is 3.39. The molecule has 6 heteroatoms. The third-order valence-electron chi connectivity index (χ3n) is 2.76. The van der Waals surface area contributed by atoms with E-state index in [-0.39, 0.29) is 17.3 Å². The summed E-state index contributed by atoms with van der Waals surface area (Å²) in [4.78, 5) is 7.92. The topological polar surface area (TPSA) is 111 Å². The molecule has 0 aliphatic rings. The van der Waals surface area contributed by atoms with Crippen LogP contribution in [0.3, 0.4) is 0 Å². The average Bonchev–Trinajstić information content (AvgIpc) is 2.44. The number of ether oxygens (including phenoxy) is 1. The van der Waals surface area contributed by atoms with Gasteiger partial charge in [0.1, 0.15) is 23.2 Å². The number of hydrogen-bond acceptors (Lipinski definition) is 6. The number of nitrogens with two attached hydrogens (primary N) is 2. The van der Waals surface area contributed by atoms with Gasteiger partial charge < -0.3 is 16.2 Å². The van der Waals surface area contributed by atoms with Crippen molar-refractivity contribution in [3.05, 3.63) is 29.8 Å². The Morgan fingerprint density at radius 2 is 2.05 bits per heavy atom. The highest BCUT2D eigenvalue weighted by Gasteiger charge is 2.13. The quantitative estimate of drug-likeness (QED) is 0.889. The molecule has 0 unspecified atom stereocenters. The molecule has 21 heavy (non-hydrogen) atoms. The molecular weight excluding hydrogens is 266 g/mol. The van der Waals surface area contributed by atoms with E-state index in [1.54, 1.807) is 0 Å². The van der Waals surface area contributed by atoms with Crippen molar-refractivity contribution in [3.63, 3.8) is 0 Å². The van der Waals surface area contributed by atoms with Gasteiger partial charge in [0, 0.05) is 5.56 Å². The molecule has 1 aromatic heterocycles. The van der Waals surface area contributed by atoms with E-state index < -0.39 is 0 Å². The van der Waals surface area contributed by atoms with Crippen molar-refractivity contribution in [2.45, 2.75) is 13.8 Å². The first kappa shape index (κ1) is 14.6. The summed E-state index contributed by atoms with van der Waals surface area (Å²) in [6, 6.07) is 9.33. The van der Waals surface area contributed by atoms with Crippen LogP contribution in [0.15, 0.2) is 24.3 Å². The lowest BCUT2D eigenvalue weighted by Crippen LogP contribution is -2.06. The molecule has 4 N–H and O–H groups in total. The van der Waals surface area contributed by atoms with Crippen molar-refractivity contribution in [2.75, 3.05) is 18.1 Å². The standard InChI is InChI=1S/C15H17N5O/c1-9(2)8-21-11-5-3-4-10(6-11)13-12(7-16)14(17)20-15(18)19-13/h3-6,9H,8H2,1-2H3,(H4,17,18,19,20). The van der Waals surface area contributed by atoms with Crippen LogP contribution in [0.2, 0.25) is 0 Å². The summed E-state index contributed by atoms with van der Waals surface area (Å²) in [6.07, 6.45) is 0. The Balaban J connectivity index is 2.43. The van der Waals surface area contributed by atoms with Crippen LogP contribution < -0.4 is 16.2 Å². The minimum absolute atomic E-state index is 0.0370. The number of nitriles is 1. The van der Waals surface area contributed by atoms with Crippen LogP contribution >= 0.6 is 0 Å². The molecule has 6 nitrogen and oxygen atoms in total. The molecule has 0 spiro atoms. The van der Waals surface area contributed by atoms with E-state index in [4.69, 9.17) is 16.2 Å². The number of anilines is 2. The molecule has 1 aromatic carbocycles. The maximum Gasteiger partial charge on any atom is 0.222 e. The molecule has 0 bridgehead atoms. The monoisotopic (exact) mass is 283 g/mol. The molecule has 0 atom stereocenters. The van der Waals surface area contributed by atoms with Gasteiger partial charge >= 0.3 is 0 Å². The van der Waals surface area contributed by atoms with Crippen LogP contribution in [0.25, 0.3) is 11.3 Å². The first-order valence-corrected chi connectivity index (χ1v) is 6.57. The molecule has 0 aliphatic carbocycles. The van der Waals surface area contributed by atoms with E-state index in [0.717, 1.165) is 0 Å². The molecule has 0 saturated heterocycles. The van der Waals surface area contributed by atoms with Crippen molar-refractivity contribution in [1.82, 2.24) is 9.97 Å². The Morgan fingerprint density at radius 1 is 1.29 bits per heavy atom.